The molecule has 0 saturated carbocycles. The summed E-state index contributed by atoms with van der Waals surface area (Å²) < 4.78 is 11.6. The molecule has 1 heterocycles. The molecule has 106 valence electrons. The third-order valence-electron chi connectivity index (χ3n) is 2.99. The Kier molecular flexibility index (Phi) is 4.10. The predicted octanol–water partition coefficient (Wildman–Crippen LogP) is 3.83. The lowest BCUT2D eigenvalue weighted by Crippen LogP contribution is -1.96. The fourth-order valence-electron chi connectivity index (χ4n) is 1.91. The van der Waals surface area contributed by atoms with E-state index in [0.29, 0.717) is 17.1 Å². The Bertz CT molecular complexity index is 695. The molecule has 4 nitrogen and oxygen atoms in total. The van der Waals surface area contributed by atoms with E-state index >= 15 is 0 Å². The second-order valence-electron chi connectivity index (χ2n) is 4.42. The van der Waals surface area contributed by atoms with Gasteiger partial charge in [0.05, 0.1) is 0 Å². The van der Waals surface area contributed by atoms with Crippen molar-refractivity contribution in [2.24, 2.45) is 0 Å². The van der Waals surface area contributed by atoms with Gasteiger partial charge in [0.1, 0.15) is 0 Å². The fraction of sp³-hybridized carbons (Fsp3) is 0.0625. The molecule has 0 aliphatic carbocycles. The monoisotopic (exact) mass is 393 g/mol. The largest absolute Gasteiger partial charge is 0.454 e. The molecule has 3 rings (SSSR count). The predicted molar refractivity (Wildman–Crippen MR) is 88.8 cm³/mol. The van der Waals surface area contributed by atoms with Crippen LogP contribution in [0.4, 0.5) is 5.69 Å². The van der Waals surface area contributed by atoms with Crippen molar-refractivity contribution >= 4 is 34.1 Å². The molecule has 5 heteroatoms. The molecule has 0 amide bonds. The van der Waals surface area contributed by atoms with E-state index in [0.717, 1.165) is 5.69 Å². The molecular formula is C16H12INO3. The molecule has 0 radical (unpaired) electrons. The lowest BCUT2D eigenvalue weighted by molar-refractivity contribution is 0.104. The van der Waals surface area contributed by atoms with E-state index in [1.807, 2.05) is 24.3 Å². The Morgan fingerprint density at radius 2 is 1.86 bits per heavy atom. The van der Waals surface area contributed by atoms with E-state index < -0.39 is 0 Å². The van der Waals surface area contributed by atoms with Crippen LogP contribution in [-0.2, 0) is 0 Å². The molecule has 2 aromatic carbocycles. The van der Waals surface area contributed by atoms with Gasteiger partial charge in [-0.25, -0.2) is 0 Å². The van der Waals surface area contributed by atoms with Crippen molar-refractivity contribution in [3.05, 3.63) is 63.9 Å². The highest BCUT2D eigenvalue weighted by molar-refractivity contribution is 14.1. The topological polar surface area (TPSA) is 47.6 Å². The van der Waals surface area contributed by atoms with Gasteiger partial charge in [0.25, 0.3) is 0 Å². The van der Waals surface area contributed by atoms with E-state index in [-0.39, 0.29) is 12.6 Å². The number of ether oxygens (including phenoxy) is 2. The van der Waals surface area contributed by atoms with Gasteiger partial charge in [0, 0.05) is 27.1 Å². The molecule has 2 aromatic rings. The zero-order valence-electron chi connectivity index (χ0n) is 11.0. The SMILES string of the molecule is O=C(/C=C/Nc1ccc(I)cc1)c1ccc2c(c1)OCO2. The van der Waals surface area contributed by atoms with Gasteiger partial charge in [-0.15, -0.1) is 0 Å². The number of benzene rings is 2. The van der Waals surface area contributed by atoms with Gasteiger partial charge in [-0.05, 0) is 65.1 Å². The van der Waals surface area contributed by atoms with Crippen molar-refractivity contribution in [2.45, 2.75) is 0 Å². The normalized spacial score (nSPS) is 12.6. The minimum Gasteiger partial charge on any atom is -0.454 e. The maximum Gasteiger partial charge on any atom is 0.231 e. The number of carbonyl (C=O) groups is 1. The van der Waals surface area contributed by atoms with Crippen molar-refractivity contribution in [3.63, 3.8) is 0 Å². The van der Waals surface area contributed by atoms with Gasteiger partial charge < -0.3 is 14.8 Å². The van der Waals surface area contributed by atoms with Gasteiger partial charge in [0.15, 0.2) is 17.3 Å². The lowest BCUT2D eigenvalue weighted by atomic mass is 10.1. The molecule has 21 heavy (non-hydrogen) atoms. The molecular weight excluding hydrogens is 381 g/mol. The van der Waals surface area contributed by atoms with Crippen LogP contribution in [0.2, 0.25) is 0 Å². The molecule has 1 N–H and O–H groups in total. The highest BCUT2D eigenvalue weighted by Crippen LogP contribution is 2.32. The van der Waals surface area contributed by atoms with Crippen LogP contribution in [0.25, 0.3) is 0 Å². The fourth-order valence-corrected chi connectivity index (χ4v) is 2.27. The van der Waals surface area contributed by atoms with Crippen LogP contribution in [0, 0.1) is 3.57 Å². The second-order valence-corrected chi connectivity index (χ2v) is 5.66. The van der Waals surface area contributed by atoms with Gasteiger partial charge in [-0.1, -0.05) is 0 Å². The number of hydrogen-bond donors (Lipinski definition) is 1. The maximum absolute atomic E-state index is 12.1. The maximum atomic E-state index is 12.1. The smallest absolute Gasteiger partial charge is 0.231 e. The summed E-state index contributed by atoms with van der Waals surface area (Å²) in [6.45, 7) is 0.206. The Hall–Kier alpha value is -2.02. The van der Waals surface area contributed by atoms with E-state index in [2.05, 4.69) is 27.9 Å². The van der Waals surface area contributed by atoms with Crippen LogP contribution in [0.3, 0.4) is 0 Å². The van der Waals surface area contributed by atoms with Gasteiger partial charge >= 0.3 is 0 Å². The summed E-state index contributed by atoms with van der Waals surface area (Å²) in [4.78, 5) is 12.1. The molecule has 0 fully saturated rings. The highest BCUT2D eigenvalue weighted by atomic mass is 127. The van der Waals surface area contributed by atoms with E-state index in [9.17, 15) is 4.79 Å². The third kappa shape index (κ3) is 3.36. The van der Waals surface area contributed by atoms with Gasteiger partial charge in [-0.2, -0.15) is 0 Å². The van der Waals surface area contributed by atoms with E-state index in [1.165, 1.54) is 9.65 Å². The molecule has 0 bridgehead atoms. The number of carbonyl (C=O) groups excluding carboxylic acids is 1. The quantitative estimate of drug-likeness (QED) is 0.488. The number of fused-ring (bicyclic) bond motifs is 1. The number of allylic oxidation sites excluding steroid dienone is 1. The van der Waals surface area contributed by atoms with Crippen molar-refractivity contribution in [3.8, 4) is 11.5 Å². The van der Waals surface area contributed by atoms with Crippen molar-refractivity contribution in [2.75, 3.05) is 12.1 Å². The average molecular weight is 393 g/mol. The summed E-state index contributed by atoms with van der Waals surface area (Å²) in [6.07, 6.45) is 3.13. The number of halogens is 1. The van der Waals surface area contributed by atoms with E-state index in [4.69, 9.17) is 9.47 Å². The summed E-state index contributed by atoms with van der Waals surface area (Å²) in [5.74, 6) is 1.19. The highest BCUT2D eigenvalue weighted by Gasteiger charge is 2.14. The molecule has 0 unspecified atom stereocenters. The number of hydrogen-bond acceptors (Lipinski definition) is 4. The van der Waals surface area contributed by atoms with Crippen LogP contribution in [0.15, 0.2) is 54.7 Å². The minimum atomic E-state index is -0.0914. The summed E-state index contributed by atoms with van der Waals surface area (Å²) >= 11 is 2.24. The first kappa shape index (κ1) is 13.9. The van der Waals surface area contributed by atoms with Crippen molar-refractivity contribution < 1.29 is 14.3 Å². The summed E-state index contributed by atoms with van der Waals surface area (Å²) in [5, 5.41) is 3.06. The number of ketones is 1. The Morgan fingerprint density at radius 3 is 2.67 bits per heavy atom. The van der Waals surface area contributed by atoms with Gasteiger partial charge in [-0.3, -0.25) is 4.79 Å². The summed E-state index contributed by atoms with van der Waals surface area (Å²) in [5.41, 5.74) is 1.50. The summed E-state index contributed by atoms with van der Waals surface area (Å²) in [6, 6.07) is 13.1. The second kappa shape index (κ2) is 6.17. The first-order valence-corrected chi connectivity index (χ1v) is 7.43. The lowest BCUT2D eigenvalue weighted by Gasteiger charge is -2.01. The Labute approximate surface area is 135 Å². The van der Waals surface area contributed by atoms with E-state index in [1.54, 1.807) is 24.4 Å². The summed E-state index contributed by atoms with van der Waals surface area (Å²) in [7, 11) is 0. The molecule has 1 aliphatic heterocycles. The zero-order valence-corrected chi connectivity index (χ0v) is 13.2. The molecule has 0 saturated heterocycles. The Balaban J connectivity index is 1.65. The number of anilines is 1. The van der Waals surface area contributed by atoms with Gasteiger partial charge in [0.2, 0.25) is 6.79 Å². The first-order valence-electron chi connectivity index (χ1n) is 6.35. The Morgan fingerprint density at radius 1 is 1.10 bits per heavy atom. The standard InChI is InChI=1S/C16H12INO3/c17-12-2-4-13(5-3-12)18-8-7-14(19)11-1-6-15-16(9-11)21-10-20-15/h1-9,18H,10H2/b8-7+. The van der Waals surface area contributed by atoms with Crippen LogP contribution in [0.1, 0.15) is 10.4 Å². The first-order chi connectivity index (χ1) is 10.2. The average Bonchev–Trinajstić information content (AvgIpc) is 2.96. The number of nitrogens with one attached hydrogen (secondary N) is 1. The third-order valence-corrected chi connectivity index (χ3v) is 3.71. The van der Waals surface area contributed by atoms with Crippen molar-refractivity contribution in [1.29, 1.82) is 0 Å². The molecule has 0 spiro atoms. The van der Waals surface area contributed by atoms with Crippen LogP contribution < -0.4 is 14.8 Å². The van der Waals surface area contributed by atoms with Crippen LogP contribution >= 0.6 is 22.6 Å². The molecule has 0 atom stereocenters. The molecule has 1 aliphatic rings. The minimum absolute atomic E-state index is 0.0914. The zero-order chi connectivity index (χ0) is 14.7. The van der Waals surface area contributed by atoms with Crippen LogP contribution in [-0.4, -0.2) is 12.6 Å². The van der Waals surface area contributed by atoms with Crippen molar-refractivity contribution in [1.82, 2.24) is 0 Å². The molecule has 0 aromatic heterocycles. The van der Waals surface area contributed by atoms with Crippen LogP contribution in [0.5, 0.6) is 11.5 Å². The number of rotatable bonds is 4.